The Morgan fingerprint density at radius 2 is 1.48 bits per heavy atom. The van der Waals surface area contributed by atoms with Crippen molar-refractivity contribution >= 4 is 17.9 Å². The largest absolute Gasteiger partial charge is 0.449 e. The second-order valence-corrected chi connectivity index (χ2v) is 6.39. The van der Waals surface area contributed by atoms with Crippen LogP contribution in [-0.2, 0) is 16.1 Å². The minimum Gasteiger partial charge on any atom is -0.449 e. The van der Waals surface area contributed by atoms with Crippen LogP contribution >= 0.6 is 0 Å². The van der Waals surface area contributed by atoms with Crippen molar-refractivity contribution in [2.45, 2.75) is 59.4 Å². The number of benzene rings is 1. The van der Waals surface area contributed by atoms with Crippen molar-refractivity contribution in [3.05, 3.63) is 35.4 Å². The zero-order valence-corrected chi connectivity index (χ0v) is 15.4. The lowest BCUT2D eigenvalue weighted by Crippen LogP contribution is -2.39. The van der Waals surface area contributed by atoms with Crippen LogP contribution in [0.25, 0.3) is 0 Å². The van der Waals surface area contributed by atoms with Crippen molar-refractivity contribution in [3.63, 3.8) is 0 Å². The van der Waals surface area contributed by atoms with E-state index in [0.717, 1.165) is 5.56 Å². The average Bonchev–Trinajstić information content (AvgIpc) is 2.52. The van der Waals surface area contributed by atoms with Crippen molar-refractivity contribution in [3.8, 4) is 0 Å². The van der Waals surface area contributed by atoms with Crippen LogP contribution in [0.2, 0.25) is 0 Å². The van der Waals surface area contributed by atoms with Gasteiger partial charge in [-0.25, -0.2) is 9.59 Å². The van der Waals surface area contributed by atoms with Crippen LogP contribution in [-0.4, -0.2) is 36.1 Å². The number of amides is 3. The molecule has 0 heterocycles. The average molecular weight is 349 g/mol. The number of nitrogens with one attached hydrogen (secondary N) is 3. The molecule has 0 aliphatic heterocycles. The maximum atomic E-state index is 12.1. The SMILES string of the molecule is CC(C)NC(=O)NCc1ccc(C(=O)O[C@H](C)C(=O)NC(C)C)cc1. The Morgan fingerprint density at radius 1 is 0.920 bits per heavy atom. The molecule has 0 aliphatic rings. The lowest BCUT2D eigenvalue weighted by atomic mass is 10.1. The first kappa shape index (κ1) is 20.5. The number of ether oxygens (including phenoxy) is 1. The van der Waals surface area contributed by atoms with Crippen LogP contribution in [0.4, 0.5) is 4.79 Å². The van der Waals surface area contributed by atoms with Crippen LogP contribution in [0, 0.1) is 0 Å². The molecule has 1 rings (SSSR count). The normalized spacial score (nSPS) is 11.8. The molecular weight excluding hydrogens is 322 g/mol. The van der Waals surface area contributed by atoms with Gasteiger partial charge in [-0.3, -0.25) is 4.79 Å². The molecule has 25 heavy (non-hydrogen) atoms. The van der Waals surface area contributed by atoms with Gasteiger partial charge in [-0.1, -0.05) is 12.1 Å². The smallest absolute Gasteiger partial charge is 0.338 e. The van der Waals surface area contributed by atoms with E-state index in [1.54, 1.807) is 24.3 Å². The molecule has 0 aliphatic carbocycles. The van der Waals surface area contributed by atoms with E-state index in [2.05, 4.69) is 16.0 Å². The number of carbonyl (C=O) groups is 3. The van der Waals surface area contributed by atoms with Gasteiger partial charge in [0.05, 0.1) is 5.56 Å². The molecule has 3 N–H and O–H groups in total. The van der Waals surface area contributed by atoms with Crippen LogP contribution in [0.1, 0.15) is 50.5 Å². The Hall–Kier alpha value is -2.57. The predicted molar refractivity (Wildman–Crippen MR) is 95.1 cm³/mol. The number of carbonyl (C=O) groups excluding carboxylic acids is 3. The first-order valence-corrected chi connectivity index (χ1v) is 8.33. The molecule has 1 aromatic carbocycles. The number of hydrogen-bond acceptors (Lipinski definition) is 4. The fraction of sp³-hybridized carbons (Fsp3) is 0.500. The number of esters is 1. The molecule has 0 saturated carbocycles. The summed E-state index contributed by atoms with van der Waals surface area (Å²) in [6.07, 6.45) is -0.865. The summed E-state index contributed by atoms with van der Waals surface area (Å²) in [5.41, 5.74) is 1.20. The quantitative estimate of drug-likeness (QED) is 0.656. The highest BCUT2D eigenvalue weighted by Crippen LogP contribution is 2.08. The summed E-state index contributed by atoms with van der Waals surface area (Å²) in [5.74, 6) is -0.899. The molecule has 0 fully saturated rings. The molecule has 7 nitrogen and oxygen atoms in total. The van der Waals surface area contributed by atoms with Gasteiger partial charge in [0.25, 0.3) is 5.91 Å². The lowest BCUT2D eigenvalue weighted by molar-refractivity contribution is -0.129. The monoisotopic (exact) mass is 349 g/mol. The molecule has 0 saturated heterocycles. The molecule has 7 heteroatoms. The van der Waals surface area contributed by atoms with Gasteiger partial charge in [0, 0.05) is 18.6 Å². The lowest BCUT2D eigenvalue weighted by Gasteiger charge is -2.15. The Bertz CT molecular complexity index is 597. The van der Waals surface area contributed by atoms with Crippen LogP contribution in [0.15, 0.2) is 24.3 Å². The highest BCUT2D eigenvalue weighted by molar-refractivity contribution is 5.92. The Balaban J connectivity index is 2.53. The summed E-state index contributed by atoms with van der Waals surface area (Å²) in [6.45, 7) is 9.30. The van der Waals surface area contributed by atoms with Crippen molar-refractivity contribution in [2.24, 2.45) is 0 Å². The van der Waals surface area contributed by atoms with Crippen molar-refractivity contribution in [1.82, 2.24) is 16.0 Å². The van der Waals surface area contributed by atoms with E-state index in [4.69, 9.17) is 4.74 Å². The number of urea groups is 1. The summed E-state index contributed by atoms with van der Waals surface area (Å²) in [4.78, 5) is 35.4. The third-order valence-electron chi connectivity index (χ3n) is 3.15. The van der Waals surface area contributed by atoms with Gasteiger partial charge < -0.3 is 20.7 Å². The molecule has 1 atom stereocenters. The maximum absolute atomic E-state index is 12.1. The van der Waals surface area contributed by atoms with Crippen LogP contribution in [0.5, 0.6) is 0 Å². The standard InChI is InChI=1S/C18H27N3O4/c1-11(2)20-16(22)13(5)25-17(23)15-8-6-14(7-9-15)10-19-18(24)21-12(3)4/h6-9,11-13H,10H2,1-5H3,(H,20,22)(H2,19,21,24)/t13-/m1/s1. The van der Waals surface area contributed by atoms with Crippen molar-refractivity contribution in [2.75, 3.05) is 0 Å². The van der Waals surface area contributed by atoms with E-state index in [9.17, 15) is 14.4 Å². The molecule has 0 aromatic heterocycles. The van der Waals surface area contributed by atoms with Gasteiger partial charge in [-0.05, 0) is 52.3 Å². The van der Waals surface area contributed by atoms with Gasteiger partial charge in [0.15, 0.2) is 6.10 Å². The number of hydrogen-bond donors (Lipinski definition) is 3. The minimum atomic E-state index is -0.865. The number of rotatable bonds is 7. The zero-order chi connectivity index (χ0) is 19.0. The van der Waals surface area contributed by atoms with Gasteiger partial charge in [-0.15, -0.1) is 0 Å². The summed E-state index contributed by atoms with van der Waals surface area (Å²) in [6, 6.07) is 6.46. The molecule has 3 amide bonds. The molecule has 0 unspecified atom stereocenters. The third kappa shape index (κ3) is 7.69. The van der Waals surface area contributed by atoms with Gasteiger partial charge in [0.2, 0.25) is 0 Å². The van der Waals surface area contributed by atoms with Crippen molar-refractivity contribution < 1.29 is 19.1 Å². The highest BCUT2D eigenvalue weighted by Gasteiger charge is 2.19. The highest BCUT2D eigenvalue weighted by atomic mass is 16.5. The Labute approximate surface area is 148 Å². The van der Waals surface area contributed by atoms with E-state index in [0.29, 0.717) is 12.1 Å². The molecule has 138 valence electrons. The molecule has 0 spiro atoms. The van der Waals surface area contributed by atoms with Crippen LogP contribution in [0.3, 0.4) is 0 Å². The first-order chi connectivity index (χ1) is 11.7. The van der Waals surface area contributed by atoms with E-state index in [-0.39, 0.29) is 24.0 Å². The van der Waals surface area contributed by atoms with Gasteiger partial charge >= 0.3 is 12.0 Å². The van der Waals surface area contributed by atoms with Gasteiger partial charge in [0.1, 0.15) is 0 Å². The Kier molecular flexibility index (Phi) is 7.91. The fourth-order valence-corrected chi connectivity index (χ4v) is 1.94. The minimum absolute atomic E-state index is 0.0201. The zero-order valence-electron chi connectivity index (χ0n) is 15.4. The van der Waals surface area contributed by atoms with Crippen molar-refractivity contribution in [1.29, 1.82) is 0 Å². The second kappa shape index (κ2) is 9.66. The third-order valence-corrected chi connectivity index (χ3v) is 3.15. The van der Waals surface area contributed by atoms with Crippen LogP contribution < -0.4 is 16.0 Å². The topological polar surface area (TPSA) is 96.5 Å². The van der Waals surface area contributed by atoms with E-state index in [1.807, 2.05) is 27.7 Å². The Morgan fingerprint density at radius 3 is 2.00 bits per heavy atom. The van der Waals surface area contributed by atoms with Gasteiger partial charge in [-0.2, -0.15) is 0 Å². The summed E-state index contributed by atoms with van der Waals surface area (Å²) in [7, 11) is 0. The second-order valence-electron chi connectivity index (χ2n) is 6.39. The summed E-state index contributed by atoms with van der Waals surface area (Å²) >= 11 is 0. The molecule has 0 bridgehead atoms. The summed E-state index contributed by atoms with van der Waals surface area (Å²) < 4.78 is 5.15. The van der Waals surface area contributed by atoms with E-state index in [1.165, 1.54) is 6.92 Å². The molecule has 1 aromatic rings. The van der Waals surface area contributed by atoms with E-state index < -0.39 is 12.1 Å². The maximum Gasteiger partial charge on any atom is 0.338 e. The first-order valence-electron chi connectivity index (χ1n) is 8.33. The fourth-order valence-electron chi connectivity index (χ4n) is 1.94. The summed E-state index contributed by atoms with van der Waals surface area (Å²) in [5, 5.41) is 8.14. The predicted octanol–water partition coefficient (Wildman–Crippen LogP) is 1.96. The van der Waals surface area contributed by atoms with E-state index >= 15 is 0 Å². The molecule has 0 radical (unpaired) electrons. The molecular formula is C18H27N3O4.